The van der Waals surface area contributed by atoms with E-state index in [2.05, 4.69) is 26.0 Å². The van der Waals surface area contributed by atoms with E-state index >= 15 is 0 Å². The van der Waals surface area contributed by atoms with Crippen LogP contribution in [0.4, 0.5) is 0 Å². The third-order valence-corrected chi connectivity index (χ3v) is 4.38. The monoisotopic (exact) mass is 289 g/mol. The maximum atomic E-state index is 13.1. The zero-order chi connectivity index (χ0) is 15.5. The minimum absolute atomic E-state index is 0.0508. The van der Waals surface area contributed by atoms with Gasteiger partial charge in [0.05, 0.1) is 18.1 Å². The van der Waals surface area contributed by atoms with Crippen LogP contribution in [-0.4, -0.2) is 36.1 Å². The summed E-state index contributed by atoms with van der Waals surface area (Å²) in [6.07, 6.45) is 0.999. The van der Waals surface area contributed by atoms with Gasteiger partial charge in [0.25, 0.3) is 0 Å². The van der Waals surface area contributed by atoms with E-state index in [1.165, 1.54) is 0 Å². The average Bonchev–Trinajstić information content (AvgIpc) is 2.47. The highest BCUT2D eigenvalue weighted by atomic mass is 16.5. The lowest BCUT2D eigenvalue weighted by atomic mass is 9.84. The first-order chi connectivity index (χ1) is 9.94. The molecule has 0 bridgehead atoms. The molecule has 3 heteroatoms. The molecule has 0 saturated carbocycles. The molecule has 0 aromatic heterocycles. The molecule has 116 valence electrons. The Morgan fingerprint density at radius 3 is 2.57 bits per heavy atom. The van der Waals surface area contributed by atoms with Crippen LogP contribution in [0.15, 0.2) is 30.3 Å². The lowest BCUT2D eigenvalue weighted by Crippen LogP contribution is -2.52. The Labute approximate surface area is 128 Å². The number of hydrogen-bond donors (Lipinski definition) is 0. The van der Waals surface area contributed by atoms with Crippen molar-refractivity contribution < 1.29 is 9.53 Å². The molecule has 1 aliphatic rings. The Morgan fingerprint density at radius 2 is 2.00 bits per heavy atom. The van der Waals surface area contributed by atoms with Gasteiger partial charge in [-0.05, 0) is 25.3 Å². The van der Waals surface area contributed by atoms with Gasteiger partial charge in [-0.1, -0.05) is 50.6 Å². The predicted molar refractivity (Wildman–Crippen MR) is 85.2 cm³/mol. The number of hydrogen-bond acceptors (Lipinski definition) is 2. The zero-order valence-corrected chi connectivity index (χ0v) is 13.6. The van der Waals surface area contributed by atoms with Crippen LogP contribution >= 0.6 is 0 Å². The van der Waals surface area contributed by atoms with Crippen LogP contribution in [0.25, 0.3) is 0 Å². The van der Waals surface area contributed by atoms with Crippen molar-refractivity contribution >= 4 is 5.91 Å². The molecule has 0 spiro atoms. The second-order valence-corrected chi connectivity index (χ2v) is 6.64. The number of rotatable bonds is 4. The van der Waals surface area contributed by atoms with E-state index in [1.807, 2.05) is 36.9 Å². The molecule has 0 radical (unpaired) electrons. The van der Waals surface area contributed by atoms with E-state index < -0.39 is 0 Å². The molecule has 2 rings (SSSR count). The van der Waals surface area contributed by atoms with E-state index in [1.54, 1.807) is 0 Å². The van der Waals surface area contributed by atoms with Crippen molar-refractivity contribution in [1.82, 2.24) is 4.90 Å². The van der Waals surface area contributed by atoms with Crippen molar-refractivity contribution in [2.45, 2.75) is 45.6 Å². The van der Waals surface area contributed by atoms with E-state index in [0.29, 0.717) is 25.6 Å². The molecule has 1 fully saturated rings. The van der Waals surface area contributed by atoms with Gasteiger partial charge in [0.2, 0.25) is 5.91 Å². The van der Waals surface area contributed by atoms with Gasteiger partial charge in [0, 0.05) is 13.1 Å². The van der Waals surface area contributed by atoms with Crippen molar-refractivity contribution in [3.63, 3.8) is 0 Å². The summed E-state index contributed by atoms with van der Waals surface area (Å²) in [6.45, 7) is 10.4. The summed E-state index contributed by atoms with van der Waals surface area (Å²) in [6, 6.07) is 10.2. The fourth-order valence-electron chi connectivity index (χ4n) is 3.01. The number of benzene rings is 1. The van der Waals surface area contributed by atoms with Gasteiger partial charge in [-0.15, -0.1) is 0 Å². The zero-order valence-electron chi connectivity index (χ0n) is 13.6. The summed E-state index contributed by atoms with van der Waals surface area (Å²) in [4.78, 5) is 15.0. The molecule has 1 heterocycles. The van der Waals surface area contributed by atoms with E-state index in [4.69, 9.17) is 4.74 Å². The molecule has 0 N–H and O–H groups in total. The van der Waals surface area contributed by atoms with Crippen molar-refractivity contribution in [3.8, 4) is 0 Å². The molecular weight excluding hydrogens is 262 g/mol. The summed E-state index contributed by atoms with van der Waals surface area (Å²) in [5.74, 6) is 0.530. The maximum Gasteiger partial charge on any atom is 0.230 e. The average molecular weight is 289 g/mol. The Kier molecular flexibility index (Phi) is 5.04. The second kappa shape index (κ2) is 6.61. The van der Waals surface area contributed by atoms with Crippen molar-refractivity contribution in [3.05, 3.63) is 35.9 Å². The fourth-order valence-corrected chi connectivity index (χ4v) is 3.01. The van der Waals surface area contributed by atoms with Gasteiger partial charge < -0.3 is 9.64 Å². The van der Waals surface area contributed by atoms with Crippen LogP contribution in [-0.2, 0) is 9.53 Å². The first kappa shape index (κ1) is 16.0. The first-order valence-corrected chi connectivity index (χ1v) is 7.92. The normalized spacial score (nSPS) is 20.9. The van der Waals surface area contributed by atoms with Crippen molar-refractivity contribution in [2.75, 3.05) is 19.7 Å². The van der Waals surface area contributed by atoms with Gasteiger partial charge in [-0.3, -0.25) is 4.79 Å². The van der Waals surface area contributed by atoms with Crippen LogP contribution in [0.5, 0.6) is 0 Å². The summed E-state index contributed by atoms with van der Waals surface area (Å²) in [5.41, 5.74) is 0.881. The quantitative estimate of drug-likeness (QED) is 0.849. The predicted octanol–water partition coefficient (Wildman–Crippen LogP) is 3.45. The largest absolute Gasteiger partial charge is 0.372 e. The molecule has 1 aromatic carbocycles. The summed E-state index contributed by atoms with van der Waals surface area (Å²) in [5, 5.41) is 0. The van der Waals surface area contributed by atoms with Crippen LogP contribution in [0.1, 0.15) is 45.6 Å². The third kappa shape index (κ3) is 3.85. The van der Waals surface area contributed by atoms with E-state index in [-0.39, 0.29) is 17.4 Å². The van der Waals surface area contributed by atoms with Crippen LogP contribution in [0.2, 0.25) is 0 Å². The lowest BCUT2D eigenvalue weighted by molar-refractivity contribution is -0.148. The van der Waals surface area contributed by atoms with Crippen molar-refractivity contribution in [2.24, 2.45) is 5.92 Å². The highest BCUT2D eigenvalue weighted by molar-refractivity contribution is 5.84. The van der Waals surface area contributed by atoms with Gasteiger partial charge in [0.15, 0.2) is 0 Å². The molecule has 3 nitrogen and oxygen atoms in total. The number of nitrogens with zero attached hydrogens (tertiary/aromatic N) is 1. The van der Waals surface area contributed by atoms with Crippen molar-refractivity contribution in [1.29, 1.82) is 0 Å². The Hall–Kier alpha value is -1.35. The highest BCUT2D eigenvalue weighted by Crippen LogP contribution is 2.30. The number of carbonyl (C=O) groups excluding carboxylic acids is 1. The topological polar surface area (TPSA) is 29.5 Å². The minimum Gasteiger partial charge on any atom is -0.372 e. The van der Waals surface area contributed by atoms with Gasteiger partial charge in [-0.2, -0.15) is 0 Å². The summed E-state index contributed by atoms with van der Waals surface area (Å²) in [7, 11) is 0. The molecule has 2 unspecified atom stereocenters. The molecule has 1 aliphatic heterocycles. The SMILES string of the molecule is CCC(C)C(C(=O)N1CCOC(C)(C)C1)c1ccccc1. The Balaban J connectivity index is 2.23. The Morgan fingerprint density at radius 1 is 1.33 bits per heavy atom. The van der Waals surface area contributed by atoms with Crippen LogP contribution in [0, 0.1) is 5.92 Å². The number of amides is 1. The second-order valence-electron chi connectivity index (χ2n) is 6.64. The standard InChI is InChI=1S/C18H27NO2/c1-5-14(2)16(15-9-7-6-8-10-15)17(20)19-11-12-21-18(3,4)13-19/h6-10,14,16H,5,11-13H2,1-4H3. The van der Waals surface area contributed by atoms with E-state index in [9.17, 15) is 4.79 Å². The fraction of sp³-hybridized carbons (Fsp3) is 0.611. The highest BCUT2D eigenvalue weighted by Gasteiger charge is 2.35. The lowest BCUT2D eigenvalue weighted by Gasteiger charge is -2.40. The molecule has 21 heavy (non-hydrogen) atoms. The number of carbonyl (C=O) groups is 1. The van der Waals surface area contributed by atoms with E-state index in [0.717, 1.165) is 12.0 Å². The maximum absolute atomic E-state index is 13.1. The minimum atomic E-state index is -0.245. The van der Waals surface area contributed by atoms with Gasteiger partial charge in [0.1, 0.15) is 0 Å². The third-order valence-electron chi connectivity index (χ3n) is 4.38. The molecule has 1 amide bonds. The van der Waals surface area contributed by atoms with Gasteiger partial charge in [-0.25, -0.2) is 0 Å². The Bertz CT molecular complexity index is 469. The van der Waals surface area contributed by atoms with Crippen LogP contribution in [0.3, 0.4) is 0 Å². The molecule has 1 aromatic rings. The van der Waals surface area contributed by atoms with Gasteiger partial charge >= 0.3 is 0 Å². The number of morpholine rings is 1. The molecule has 1 saturated heterocycles. The molecular formula is C18H27NO2. The molecule has 0 aliphatic carbocycles. The first-order valence-electron chi connectivity index (χ1n) is 7.92. The van der Waals surface area contributed by atoms with Crippen LogP contribution < -0.4 is 0 Å². The molecule has 2 atom stereocenters. The smallest absolute Gasteiger partial charge is 0.230 e. The summed E-state index contributed by atoms with van der Waals surface area (Å²) < 4.78 is 5.72. The number of ether oxygens (including phenoxy) is 1. The summed E-state index contributed by atoms with van der Waals surface area (Å²) >= 11 is 0.